The van der Waals surface area contributed by atoms with Gasteiger partial charge in [0.2, 0.25) is 11.6 Å². The van der Waals surface area contributed by atoms with E-state index in [-0.39, 0.29) is 24.1 Å². The molecule has 2 aromatic carbocycles. The lowest BCUT2D eigenvalue weighted by molar-refractivity contribution is -0.901. The number of quaternary nitrogens is 2. The van der Waals surface area contributed by atoms with Gasteiger partial charge in [-0.1, -0.05) is 48.5 Å². The van der Waals surface area contributed by atoms with E-state index >= 15 is 0 Å². The normalized spacial score (nSPS) is 29.7. The molecule has 2 aromatic rings. The largest absolute Gasteiger partial charge is 0.626 e. The van der Waals surface area contributed by atoms with E-state index in [1.807, 2.05) is 0 Å². The first-order valence-corrected chi connectivity index (χ1v) is 9.06. The van der Waals surface area contributed by atoms with Crippen molar-refractivity contribution in [3.8, 4) is 0 Å². The third-order valence-electron chi connectivity index (χ3n) is 5.50. The monoisotopic (exact) mass is 399 g/mol. The van der Waals surface area contributed by atoms with Crippen molar-refractivity contribution in [1.82, 2.24) is 0 Å². The number of benzene rings is 2. The summed E-state index contributed by atoms with van der Waals surface area (Å²) >= 11 is 0. The molecule has 29 heavy (non-hydrogen) atoms. The summed E-state index contributed by atoms with van der Waals surface area (Å²) in [4.78, 5) is 36.6. The van der Waals surface area contributed by atoms with Crippen LogP contribution in [0.25, 0.3) is 0 Å². The number of rotatable bonds is 5. The lowest BCUT2D eigenvalue weighted by Gasteiger charge is -2.53. The Hall–Kier alpha value is -2.98. The molecule has 0 spiro atoms. The van der Waals surface area contributed by atoms with Crippen LogP contribution < -0.4 is 5.06 Å². The fraction of sp³-hybridized carbons (Fsp3) is 0.300. The number of carbonyl (C=O) groups is 2. The van der Waals surface area contributed by atoms with Gasteiger partial charge in [0.25, 0.3) is 5.69 Å². The molecule has 1 aliphatic rings. The second kappa shape index (κ2) is 7.45. The number of nitro groups is 1. The Morgan fingerprint density at radius 2 is 1.69 bits per heavy atom. The third-order valence-corrected chi connectivity index (χ3v) is 5.50. The average Bonchev–Trinajstić information content (AvgIpc) is 2.70. The topological polar surface area (TPSA) is 128 Å². The number of likely N-dealkylation sites (N-methyl/N-ethyl adjacent to an activating group) is 1. The molecule has 1 N–H and O–H groups in total. The van der Waals surface area contributed by atoms with Gasteiger partial charge < -0.3 is 10.4 Å². The van der Waals surface area contributed by atoms with E-state index in [2.05, 4.69) is 0 Å². The molecule has 1 saturated heterocycles. The standard InChI is InChI=1S/C20H21N3O6/c1-20(13-14-8-4-3-5-9-14)19(25)23(2,29)17(18(24)21(20)26)12-15-10-6-7-11-16(15)22(27)28/h3-11,17,21H,12-13H2,1-2H3. The van der Waals surface area contributed by atoms with Crippen molar-refractivity contribution in [3.63, 3.8) is 0 Å². The van der Waals surface area contributed by atoms with Gasteiger partial charge in [-0.25, -0.2) is 9.59 Å². The van der Waals surface area contributed by atoms with Crippen LogP contribution in [-0.2, 0) is 22.4 Å². The minimum atomic E-state index is -1.78. The summed E-state index contributed by atoms with van der Waals surface area (Å²) in [7, 11) is 1.04. The zero-order valence-electron chi connectivity index (χ0n) is 16.0. The van der Waals surface area contributed by atoms with Gasteiger partial charge in [0.05, 0.1) is 12.0 Å². The summed E-state index contributed by atoms with van der Waals surface area (Å²) in [6.45, 7) is 1.32. The summed E-state index contributed by atoms with van der Waals surface area (Å²) in [6.07, 6.45) is -0.430. The minimum absolute atomic E-state index is 0.0640. The third kappa shape index (κ3) is 3.56. The molecule has 9 nitrogen and oxygen atoms in total. The van der Waals surface area contributed by atoms with Gasteiger partial charge in [-0.2, -0.15) is 0 Å². The van der Waals surface area contributed by atoms with Crippen LogP contribution in [0.15, 0.2) is 54.6 Å². The Balaban J connectivity index is 1.97. The Morgan fingerprint density at radius 3 is 2.31 bits per heavy atom. The zero-order chi connectivity index (χ0) is 21.4. The van der Waals surface area contributed by atoms with E-state index in [1.54, 1.807) is 30.3 Å². The fourth-order valence-corrected chi connectivity index (χ4v) is 3.87. The van der Waals surface area contributed by atoms with Crippen LogP contribution in [0.2, 0.25) is 0 Å². The number of amides is 2. The maximum atomic E-state index is 13.3. The lowest BCUT2D eigenvalue weighted by atomic mass is 9.86. The Kier molecular flexibility index (Phi) is 5.33. The van der Waals surface area contributed by atoms with Crippen molar-refractivity contribution >= 4 is 17.5 Å². The van der Waals surface area contributed by atoms with Gasteiger partial charge >= 0.3 is 11.8 Å². The highest BCUT2D eigenvalue weighted by atomic mass is 16.6. The van der Waals surface area contributed by atoms with Crippen LogP contribution in [0.5, 0.6) is 0 Å². The molecule has 1 heterocycles. The van der Waals surface area contributed by atoms with Crippen LogP contribution in [-0.4, -0.2) is 40.0 Å². The van der Waals surface area contributed by atoms with E-state index in [0.29, 0.717) is 5.56 Å². The molecule has 4 atom stereocenters. The van der Waals surface area contributed by atoms with Gasteiger partial charge in [-0.05, 0) is 5.56 Å². The smallest absolute Gasteiger partial charge is 0.376 e. The first kappa shape index (κ1) is 20.7. The molecule has 1 aliphatic heterocycles. The maximum absolute atomic E-state index is 13.3. The summed E-state index contributed by atoms with van der Waals surface area (Å²) < 4.78 is -1.58. The second-order valence-corrected chi connectivity index (χ2v) is 7.59. The summed E-state index contributed by atoms with van der Waals surface area (Å²) in [6, 6.07) is 12.8. The number of hydrogen-bond acceptors (Lipinski definition) is 6. The van der Waals surface area contributed by atoms with Crippen molar-refractivity contribution in [1.29, 1.82) is 0 Å². The summed E-state index contributed by atoms with van der Waals surface area (Å²) in [5.41, 5.74) is -1.27. The van der Waals surface area contributed by atoms with Gasteiger partial charge in [0, 0.05) is 31.4 Å². The molecule has 0 aliphatic carbocycles. The summed E-state index contributed by atoms with van der Waals surface area (Å²) in [5, 5.41) is 36.5. The predicted octanol–water partition coefficient (Wildman–Crippen LogP) is 0.901. The van der Waals surface area contributed by atoms with Crippen molar-refractivity contribution in [2.24, 2.45) is 0 Å². The predicted molar refractivity (Wildman–Crippen MR) is 103 cm³/mol. The van der Waals surface area contributed by atoms with Gasteiger partial charge in [-0.15, -0.1) is 0 Å². The van der Waals surface area contributed by atoms with Crippen LogP contribution in [0.3, 0.4) is 0 Å². The molecule has 0 saturated carbocycles. The highest BCUT2D eigenvalue weighted by Gasteiger charge is 2.61. The molecule has 1 fully saturated rings. The number of nitro benzene ring substituents is 1. The minimum Gasteiger partial charge on any atom is -0.626 e. The van der Waals surface area contributed by atoms with Crippen LogP contribution in [0.4, 0.5) is 5.69 Å². The van der Waals surface area contributed by atoms with Crippen LogP contribution in [0.1, 0.15) is 18.1 Å². The molecule has 9 heteroatoms. The lowest BCUT2D eigenvalue weighted by Crippen LogP contribution is -3.24. The van der Waals surface area contributed by atoms with Crippen LogP contribution in [0, 0.1) is 20.5 Å². The van der Waals surface area contributed by atoms with Gasteiger partial charge in [0.1, 0.15) is 0 Å². The van der Waals surface area contributed by atoms with E-state index < -0.39 is 38.0 Å². The number of hydroxylamine groups is 5. The van der Waals surface area contributed by atoms with E-state index in [0.717, 1.165) is 7.05 Å². The summed E-state index contributed by atoms with van der Waals surface area (Å²) in [5.74, 6) is -1.90. The first-order valence-electron chi connectivity index (χ1n) is 9.06. The number of nitrogens with zero attached hydrogens (tertiary/aromatic N) is 2. The SMILES string of the molecule is CC1(Cc2ccccc2)C(=O)[N+](C)([O-])C(Cc2ccccc2[N+](=O)[O-])C(=O)[NH+]1[O-]. The Labute approximate surface area is 167 Å². The van der Waals surface area contributed by atoms with Crippen molar-refractivity contribution in [2.75, 3.05) is 7.05 Å². The molecule has 0 aromatic heterocycles. The zero-order valence-corrected chi connectivity index (χ0v) is 16.0. The second-order valence-electron chi connectivity index (χ2n) is 7.59. The molecule has 4 unspecified atom stereocenters. The van der Waals surface area contributed by atoms with Gasteiger partial charge in [-0.3, -0.25) is 19.8 Å². The van der Waals surface area contributed by atoms with Crippen molar-refractivity contribution in [2.45, 2.75) is 31.3 Å². The molecule has 2 amide bonds. The van der Waals surface area contributed by atoms with Crippen molar-refractivity contribution < 1.29 is 24.2 Å². The van der Waals surface area contributed by atoms with E-state index in [9.17, 15) is 30.1 Å². The maximum Gasteiger partial charge on any atom is 0.376 e. The number of para-hydroxylation sites is 1. The Bertz CT molecular complexity index is 962. The van der Waals surface area contributed by atoms with Crippen LogP contribution >= 0.6 is 0 Å². The molecular weight excluding hydrogens is 378 g/mol. The Morgan fingerprint density at radius 1 is 1.10 bits per heavy atom. The molecular formula is C20H21N3O6. The molecule has 152 valence electrons. The number of nitrogens with one attached hydrogen (secondary N) is 1. The quantitative estimate of drug-likeness (QED) is 0.344. The number of piperazine rings is 1. The first-order chi connectivity index (χ1) is 13.6. The molecule has 0 bridgehead atoms. The fourth-order valence-electron chi connectivity index (χ4n) is 3.87. The van der Waals surface area contributed by atoms with E-state index in [4.69, 9.17) is 0 Å². The number of hydrogen-bond donors (Lipinski definition) is 1. The molecule has 3 rings (SSSR count). The highest BCUT2D eigenvalue weighted by Crippen LogP contribution is 2.28. The van der Waals surface area contributed by atoms with Gasteiger partial charge in [0.15, 0.2) is 0 Å². The average molecular weight is 399 g/mol. The van der Waals surface area contributed by atoms with E-state index in [1.165, 1.54) is 31.2 Å². The number of carbonyl (C=O) groups excluding carboxylic acids is 2. The highest BCUT2D eigenvalue weighted by molar-refractivity contribution is 5.88. The molecule has 0 radical (unpaired) electrons. The van der Waals surface area contributed by atoms with Crippen molar-refractivity contribution in [3.05, 3.63) is 86.3 Å².